The van der Waals surface area contributed by atoms with E-state index in [4.69, 9.17) is 0 Å². The molecular weight excluding hydrogens is 642 g/mol. The van der Waals surface area contributed by atoms with E-state index in [-0.39, 0.29) is 48.0 Å². The molecule has 0 fully saturated rings. The van der Waals surface area contributed by atoms with Crippen LogP contribution in [0.5, 0.6) is 0 Å². The van der Waals surface area contributed by atoms with E-state index in [0.717, 1.165) is 0 Å². The topological polar surface area (TPSA) is 0 Å². The summed E-state index contributed by atoms with van der Waals surface area (Å²) >= 11 is 0. The zero-order valence-corrected chi connectivity index (χ0v) is 28.9. The van der Waals surface area contributed by atoms with Gasteiger partial charge in [0, 0.05) is 0 Å². The van der Waals surface area contributed by atoms with Gasteiger partial charge in [-0.2, -0.15) is 0 Å². The molecule has 0 radical (unpaired) electrons. The van der Waals surface area contributed by atoms with E-state index in [2.05, 4.69) is 42.0 Å². The highest BCUT2D eigenvalue weighted by atomic mass is 127. The Morgan fingerprint density at radius 3 is 0.735 bits per heavy atom. The number of hydrogen-bond donors (Lipinski definition) is 0. The van der Waals surface area contributed by atoms with Gasteiger partial charge < -0.3 is 56.9 Å². The second kappa shape index (κ2) is 27.4. The van der Waals surface area contributed by atoms with Crippen molar-refractivity contribution in [3.63, 3.8) is 0 Å². The molecule has 0 aromatic heterocycles. The fourth-order valence-electron chi connectivity index (χ4n) is 4.82. The molecule has 0 rings (SSSR count). The molecule has 0 aromatic carbocycles. The zero-order chi connectivity index (χ0) is 24.0. The molecule has 0 atom stereocenters. The molecule has 210 valence electrons. The van der Waals surface area contributed by atoms with E-state index < -0.39 is 0 Å². The number of unbranched alkanes of at least 4 members (excludes halogenated alkanes) is 18. The Kier molecular flexibility index (Phi) is 32.2. The summed E-state index contributed by atoms with van der Waals surface area (Å²) < 4.78 is 2.41. The summed E-state index contributed by atoms with van der Waals surface area (Å²) in [4.78, 5) is 0. The lowest BCUT2D eigenvalue weighted by atomic mass is 10.1. The summed E-state index contributed by atoms with van der Waals surface area (Å²) in [5, 5.41) is 0. The van der Waals surface area contributed by atoms with Gasteiger partial charge in [-0.25, -0.2) is 0 Å². The van der Waals surface area contributed by atoms with Crippen LogP contribution in [0.1, 0.15) is 142 Å². The molecule has 4 heteroatoms. The monoisotopic (exact) mass is 708 g/mol. The molecule has 0 aliphatic rings. The first-order valence-electron chi connectivity index (χ1n) is 15.0. The summed E-state index contributed by atoms with van der Waals surface area (Å²) in [5.74, 6) is 0. The summed E-state index contributed by atoms with van der Waals surface area (Å²) in [6.45, 7) is 9.96. The van der Waals surface area contributed by atoms with Crippen molar-refractivity contribution >= 4 is 0 Å². The minimum atomic E-state index is 0. The third-order valence-electron chi connectivity index (χ3n) is 7.54. The van der Waals surface area contributed by atoms with Crippen molar-refractivity contribution in [2.24, 2.45) is 0 Å². The lowest BCUT2D eigenvalue weighted by Gasteiger charge is -2.36. The Morgan fingerprint density at radius 1 is 0.294 bits per heavy atom. The maximum Gasteiger partial charge on any atom is 0.128 e. The zero-order valence-electron chi connectivity index (χ0n) is 24.6. The van der Waals surface area contributed by atoms with E-state index in [1.54, 1.807) is 0 Å². The van der Waals surface area contributed by atoms with Gasteiger partial charge in [-0.05, 0) is 25.7 Å². The number of likely N-dealkylation sites (N-methyl/N-ethyl adjacent to an activating group) is 2. The van der Waals surface area contributed by atoms with Crippen molar-refractivity contribution in [3.8, 4) is 0 Å². The van der Waals surface area contributed by atoms with Crippen LogP contribution in [0.25, 0.3) is 0 Å². The Morgan fingerprint density at radius 2 is 0.500 bits per heavy atom. The Labute approximate surface area is 252 Å². The van der Waals surface area contributed by atoms with Gasteiger partial charge in [-0.1, -0.05) is 117 Å². The van der Waals surface area contributed by atoms with Crippen LogP contribution in [0, 0.1) is 0 Å². The summed E-state index contributed by atoms with van der Waals surface area (Å²) in [7, 11) is 9.81. The van der Waals surface area contributed by atoms with Crippen molar-refractivity contribution in [2.75, 3.05) is 54.4 Å². The maximum atomic E-state index is 2.45. The van der Waals surface area contributed by atoms with Crippen molar-refractivity contribution in [1.29, 1.82) is 0 Å². The SMILES string of the molecule is CCCCCCCCCCCC[N+](C)(C)CC[N+](C)(C)CCCCCCCCCCCC.[I-].[I-]. The van der Waals surface area contributed by atoms with Crippen LogP contribution in [0.3, 0.4) is 0 Å². The Balaban J connectivity index is -0.00000480. The van der Waals surface area contributed by atoms with Gasteiger partial charge in [0.25, 0.3) is 0 Å². The second-order valence-corrected chi connectivity index (χ2v) is 12.1. The molecule has 0 saturated carbocycles. The summed E-state index contributed by atoms with van der Waals surface area (Å²) in [6.07, 6.45) is 28.8. The molecule has 0 unspecified atom stereocenters. The molecule has 0 aromatic rings. The first kappa shape index (κ1) is 39.9. The van der Waals surface area contributed by atoms with E-state index >= 15 is 0 Å². The average molecular weight is 709 g/mol. The number of rotatable bonds is 25. The van der Waals surface area contributed by atoms with Crippen LogP contribution < -0.4 is 48.0 Å². The van der Waals surface area contributed by atoms with E-state index in [0.29, 0.717) is 0 Å². The standard InChI is InChI=1S/C30H66N2.2HI/c1-7-9-11-13-15-17-19-21-23-25-27-31(3,4)29-30-32(5,6)28-26-24-22-20-18-16-14-12-10-8-2;;/h7-30H2,1-6H3;2*1H/q+2;;/p-2. The van der Waals surface area contributed by atoms with Crippen molar-refractivity contribution < 1.29 is 56.9 Å². The molecule has 0 saturated heterocycles. The highest BCUT2D eigenvalue weighted by Gasteiger charge is 2.22. The summed E-state index contributed by atoms with van der Waals surface area (Å²) in [5.41, 5.74) is 0. The minimum absolute atomic E-state index is 0. The smallest absolute Gasteiger partial charge is 0.128 e. The third-order valence-corrected chi connectivity index (χ3v) is 7.54. The van der Waals surface area contributed by atoms with Gasteiger partial charge in [0.1, 0.15) is 13.1 Å². The highest BCUT2D eigenvalue weighted by molar-refractivity contribution is 4.49. The van der Waals surface area contributed by atoms with Crippen molar-refractivity contribution in [3.05, 3.63) is 0 Å². The molecule has 0 amide bonds. The van der Waals surface area contributed by atoms with Crippen LogP contribution in [-0.4, -0.2) is 63.3 Å². The molecule has 2 nitrogen and oxygen atoms in total. The predicted octanol–water partition coefficient (Wildman–Crippen LogP) is 2.99. The lowest BCUT2D eigenvalue weighted by Crippen LogP contribution is -3.00. The van der Waals surface area contributed by atoms with Crippen LogP contribution in [-0.2, 0) is 0 Å². The fraction of sp³-hybridized carbons (Fsp3) is 1.00. The molecule has 0 heterocycles. The van der Waals surface area contributed by atoms with Gasteiger partial charge in [0.15, 0.2) is 0 Å². The minimum Gasteiger partial charge on any atom is -1.00 e. The van der Waals surface area contributed by atoms with Crippen molar-refractivity contribution in [1.82, 2.24) is 0 Å². The van der Waals surface area contributed by atoms with Crippen LogP contribution >= 0.6 is 0 Å². The molecule has 0 N–H and O–H groups in total. The lowest BCUT2D eigenvalue weighted by molar-refractivity contribution is -0.946. The van der Waals surface area contributed by atoms with E-state index in [1.807, 2.05) is 0 Å². The molecular formula is C30H66I2N2. The van der Waals surface area contributed by atoms with Crippen molar-refractivity contribution in [2.45, 2.75) is 142 Å². The number of hydrogen-bond acceptors (Lipinski definition) is 0. The molecule has 0 aliphatic carbocycles. The second-order valence-electron chi connectivity index (χ2n) is 12.1. The first-order chi connectivity index (χ1) is 15.3. The quantitative estimate of drug-likeness (QED) is 0.0779. The van der Waals surface area contributed by atoms with Crippen LogP contribution in [0.15, 0.2) is 0 Å². The Hall–Kier alpha value is 1.38. The number of nitrogens with zero attached hydrogens (tertiary/aromatic N) is 2. The van der Waals surface area contributed by atoms with Gasteiger partial charge in [0.2, 0.25) is 0 Å². The predicted molar refractivity (Wildman–Crippen MR) is 147 cm³/mol. The van der Waals surface area contributed by atoms with E-state index in [9.17, 15) is 0 Å². The Bertz CT molecular complexity index is 350. The number of halogens is 2. The average Bonchev–Trinajstić information content (AvgIpc) is 2.75. The van der Waals surface area contributed by atoms with Gasteiger partial charge >= 0.3 is 0 Å². The van der Waals surface area contributed by atoms with Crippen LogP contribution in [0.2, 0.25) is 0 Å². The first-order valence-corrected chi connectivity index (χ1v) is 15.0. The highest BCUT2D eigenvalue weighted by Crippen LogP contribution is 2.14. The summed E-state index contributed by atoms with van der Waals surface area (Å²) in [6, 6.07) is 0. The maximum absolute atomic E-state index is 2.45. The van der Waals surface area contributed by atoms with Crippen LogP contribution in [0.4, 0.5) is 0 Å². The van der Waals surface area contributed by atoms with Gasteiger partial charge in [0.05, 0.1) is 41.3 Å². The largest absolute Gasteiger partial charge is 1.00 e. The molecule has 0 aliphatic heterocycles. The normalized spacial score (nSPS) is 11.8. The van der Waals surface area contributed by atoms with Gasteiger partial charge in [-0.15, -0.1) is 0 Å². The molecule has 0 spiro atoms. The third kappa shape index (κ3) is 29.6. The van der Waals surface area contributed by atoms with E-state index in [1.165, 1.54) is 164 Å². The van der Waals surface area contributed by atoms with Gasteiger partial charge in [-0.3, -0.25) is 0 Å². The number of quaternary nitrogens is 2. The molecule has 34 heavy (non-hydrogen) atoms. The molecule has 0 bridgehead atoms. The fourth-order valence-corrected chi connectivity index (χ4v) is 4.82.